The van der Waals surface area contributed by atoms with Crippen molar-refractivity contribution in [3.05, 3.63) is 15.6 Å². The smallest absolute Gasteiger partial charge is 0.0936 e. The van der Waals surface area contributed by atoms with Crippen molar-refractivity contribution in [2.75, 3.05) is 6.54 Å². The Morgan fingerprint density at radius 3 is 2.33 bits per heavy atom. The lowest BCUT2D eigenvalue weighted by atomic mass is 9.66. The van der Waals surface area contributed by atoms with Gasteiger partial charge in [-0.2, -0.15) is 0 Å². The van der Waals surface area contributed by atoms with Crippen LogP contribution in [-0.2, 0) is 6.42 Å². The molecule has 1 aliphatic carbocycles. The zero-order valence-electron chi connectivity index (χ0n) is 12.4. The SMILES string of the molecule is Cc1nc(CC2(CNC(C)(C)C)CCC2)sc1C. The van der Waals surface area contributed by atoms with E-state index in [-0.39, 0.29) is 5.54 Å². The average Bonchev–Trinajstić information content (AvgIpc) is 2.49. The van der Waals surface area contributed by atoms with Gasteiger partial charge < -0.3 is 5.32 Å². The van der Waals surface area contributed by atoms with Gasteiger partial charge in [0.15, 0.2) is 0 Å². The number of aromatic nitrogens is 1. The van der Waals surface area contributed by atoms with Crippen LogP contribution in [0.3, 0.4) is 0 Å². The number of rotatable bonds is 4. The van der Waals surface area contributed by atoms with E-state index >= 15 is 0 Å². The highest BCUT2D eigenvalue weighted by Crippen LogP contribution is 2.44. The highest BCUT2D eigenvalue weighted by atomic mass is 32.1. The monoisotopic (exact) mass is 266 g/mol. The van der Waals surface area contributed by atoms with Crippen molar-refractivity contribution in [3.8, 4) is 0 Å². The molecule has 1 heterocycles. The average molecular weight is 266 g/mol. The van der Waals surface area contributed by atoms with Crippen molar-refractivity contribution in [2.45, 2.75) is 65.8 Å². The highest BCUT2D eigenvalue weighted by Gasteiger charge is 2.38. The summed E-state index contributed by atoms with van der Waals surface area (Å²) in [7, 11) is 0. The summed E-state index contributed by atoms with van der Waals surface area (Å²) in [4.78, 5) is 6.09. The fourth-order valence-electron chi connectivity index (χ4n) is 2.48. The second-order valence-electron chi connectivity index (χ2n) is 6.88. The molecule has 0 aromatic carbocycles. The van der Waals surface area contributed by atoms with Crippen LogP contribution < -0.4 is 5.32 Å². The van der Waals surface area contributed by atoms with Crippen molar-refractivity contribution in [1.29, 1.82) is 0 Å². The molecule has 1 aromatic rings. The fraction of sp³-hybridized carbons (Fsp3) is 0.800. The molecular weight excluding hydrogens is 240 g/mol. The van der Waals surface area contributed by atoms with Crippen LogP contribution in [0.15, 0.2) is 0 Å². The van der Waals surface area contributed by atoms with Gasteiger partial charge in [-0.15, -0.1) is 11.3 Å². The van der Waals surface area contributed by atoms with Gasteiger partial charge in [-0.1, -0.05) is 6.42 Å². The number of aryl methyl sites for hydroxylation is 2. The molecule has 1 aromatic heterocycles. The van der Waals surface area contributed by atoms with E-state index in [4.69, 9.17) is 4.98 Å². The van der Waals surface area contributed by atoms with Crippen molar-refractivity contribution >= 4 is 11.3 Å². The van der Waals surface area contributed by atoms with E-state index in [0.29, 0.717) is 5.41 Å². The normalized spacial score (nSPS) is 18.7. The van der Waals surface area contributed by atoms with Crippen LogP contribution in [0.25, 0.3) is 0 Å². The summed E-state index contributed by atoms with van der Waals surface area (Å²) in [6.07, 6.45) is 5.26. The molecule has 0 amide bonds. The summed E-state index contributed by atoms with van der Waals surface area (Å²) < 4.78 is 0. The van der Waals surface area contributed by atoms with Gasteiger partial charge in [0, 0.05) is 23.4 Å². The maximum absolute atomic E-state index is 4.71. The molecule has 2 nitrogen and oxygen atoms in total. The first-order valence-electron chi connectivity index (χ1n) is 6.98. The summed E-state index contributed by atoms with van der Waals surface area (Å²) >= 11 is 1.88. The Morgan fingerprint density at radius 2 is 1.94 bits per heavy atom. The first kappa shape index (κ1) is 14.0. The number of thiazole rings is 1. The zero-order valence-corrected chi connectivity index (χ0v) is 13.2. The highest BCUT2D eigenvalue weighted by molar-refractivity contribution is 7.11. The predicted octanol–water partition coefficient (Wildman–Crippen LogP) is 3.86. The van der Waals surface area contributed by atoms with Crippen LogP contribution in [0.1, 0.15) is 55.6 Å². The minimum atomic E-state index is 0.220. The standard InChI is InChI=1S/C15H26N2S/c1-11-12(2)18-13(17-11)9-15(7-6-8-15)10-16-14(3,4)5/h16H,6-10H2,1-5H3. The molecule has 1 saturated carbocycles. The largest absolute Gasteiger partial charge is 0.312 e. The molecule has 0 radical (unpaired) electrons. The molecule has 1 fully saturated rings. The molecule has 1 aliphatic rings. The molecule has 3 heteroatoms. The first-order valence-corrected chi connectivity index (χ1v) is 7.79. The Morgan fingerprint density at radius 1 is 1.28 bits per heavy atom. The number of nitrogens with one attached hydrogen (secondary N) is 1. The van der Waals surface area contributed by atoms with E-state index in [2.05, 4.69) is 39.9 Å². The fourth-order valence-corrected chi connectivity index (χ4v) is 3.59. The third kappa shape index (κ3) is 3.33. The zero-order chi connectivity index (χ0) is 13.4. The van der Waals surface area contributed by atoms with Crippen LogP contribution >= 0.6 is 11.3 Å². The van der Waals surface area contributed by atoms with E-state index in [9.17, 15) is 0 Å². The van der Waals surface area contributed by atoms with Gasteiger partial charge in [0.2, 0.25) is 0 Å². The summed E-state index contributed by atoms with van der Waals surface area (Å²) in [5, 5.41) is 5.02. The molecule has 2 rings (SSSR count). The summed E-state index contributed by atoms with van der Waals surface area (Å²) in [5.74, 6) is 0. The summed E-state index contributed by atoms with van der Waals surface area (Å²) in [6.45, 7) is 12.2. The van der Waals surface area contributed by atoms with E-state index in [1.165, 1.54) is 34.8 Å². The van der Waals surface area contributed by atoms with E-state index in [0.717, 1.165) is 13.0 Å². The van der Waals surface area contributed by atoms with Gasteiger partial charge >= 0.3 is 0 Å². The number of nitrogens with zero attached hydrogens (tertiary/aromatic N) is 1. The molecule has 0 aliphatic heterocycles. The predicted molar refractivity (Wildman–Crippen MR) is 79.3 cm³/mol. The lowest BCUT2D eigenvalue weighted by molar-refractivity contribution is 0.118. The minimum absolute atomic E-state index is 0.220. The van der Waals surface area contributed by atoms with Gasteiger partial charge in [0.25, 0.3) is 0 Å². The van der Waals surface area contributed by atoms with Gasteiger partial charge in [-0.25, -0.2) is 4.98 Å². The number of hydrogen-bond acceptors (Lipinski definition) is 3. The maximum Gasteiger partial charge on any atom is 0.0936 e. The lowest BCUT2D eigenvalue weighted by Crippen LogP contribution is -2.47. The summed E-state index contributed by atoms with van der Waals surface area (Å²) in [5.41, 5.74) is 1.91. The van der Waals surface area contributed by atoms with Crippen molar-refractivity contribution in [2.24, 2.45) is 5.41 Å². The van der Waals surface area contributed by atoms with Crippen molar-refractivity contribution < 1.29 is 0 Å². The Balaban J connectivity index is 2.00. The van der Waals surface area contributed by atoms with E-state index < -0.39 is 0 Å². The molecule has 1 N–H and O–H groups in total. The van der Waals surface area contributed by atoms with E-state index in [1.54, 1.807) is 0 Å². The Labute approximate surface area is 115 Å². The molecule has 0 atom stereocenters. The second kappa shape index (κ2) is 4.93. The van der Waals surface area contributed by atoms with Crippen LogP contribution in [0.5, 0.6) is 0 Å². The minimum Gasteiger partial charge on any atom is -0.312 e. The molecular formula is C15H26N2S. The van der Waals surface area contributed by atoms with Crippen LogP contribution in [0.4, 0.5) is 0 Å². The summed E-state index contributed by atoms with van der Waals surface area (Å²) in [6, 6.07) is 0. The second-order valence-corrected chi connectivity index (χ2v) is 8.17. The van der Waals surface area contributed by atoms with Crippen molar-refractivity contribution in [1.82, 2.24) is 10.3 Å². The molecule has 0 bridgehead atoms. The van der Waals surface area contributed by atoms with Crippen LogP contribution in [0.2, 0.25) is 0 Å². The van der Waals surface area contributed by atoms with Gasteiger partial charge in [-0.05, 0) is 52.9 Å². The van der Waals surface area contributed by atoms with Gasteiger partial charge in [0.1, 0.15) is 0 Å². The molecule has 0 unspecified atom stereocenters. The number of hydrogen-bond donors (Lipinski definition) is 1. The topological polar surface area (TPSA) is 24.9 Å². The van der Waals surface area contributed by atoms with Crippen LogP contribution in [0, 0.1) is 19.3 Å². The quantitative estimate of drug-likeness (QED) is 0.895. The third-order valence-electron chi connectivity index (χ3n) is 4.01. The van der Waals surface area contributed by atoms with Crippen LogP contribution in [-0.4, -0.2) is 17.1 Å². The molecule has 0 spiro atoms. The molecule has 102 valence electrons. The Bertz CT molecular complexity index is 391. The third-order valence-corrected chi connectivity index (χ3v) is 5.08. The Kier molecular flexibility index (Phi) is 3.84. The first-order chi connectivity index (χ1) is 8.30. The lowest BCUT2D eigenvalue weighted by Gasteiger charge is -2.43. The molecule has 0 saturated heterocycles. The van der Waals surface area contributed by atoms with Gasteiger partial charge in [-0.3, -0.25) is 0 Å². The van der Waals surface area contributed by atoms with Crippen molar-refractivity contribution in [3.63, 3.8) is 0 Å². The Hall–Kier alpha value is -0.410. The molecule has 18 heavy (non-hydrogen) atoms. The van der Waals surface area contributed by atoms with Gasteiger partial charge in [0.05, 0.1) is 10.7 Å². The maximum atomic E-state index is 4.71. The van der Waals surface area contributed by atoms with E-state index in [1.807, 2.05) is 11.3 Å².